The summed E-state index contributed by atoms with van der Waals surface area (Å²) in [5.74, 6) is 0. The number of pyridine rings is 1. The Labute approximate surface area is 137 Å². The van der Waals surface area contributed by atoms with Crippen LogP contribution in [0.15, 0.2) is 72.0 Å². The minimum atomic E-state index is -0.670. The maximum atomic E-state index is 12.9. The van der Waals surface area contributed by atoms with Gasteiger partial charge in [-0.3, -0.25) is 19.5 Å². The molecule has 0 spiro atoms. The summed E-state index contributed by atoms with van der Waals surface area (Å²) in [7, 11) is 0. The number of hydrogen-bond donors (Lipinski definition) is 1. The third-order valence-corrected chi connectivity index (χ3v) is 3.68. The van der Waals surface area contributed by atoms with Gasteiger partial charge >= 0.3 is 11.2 Å². The molecule has 0 fully saturated rings. The summed E-state index contributed by atoms with van der Waals surface area (Å²) in [5.41, 5.74) is 0.256. The zero-order valence-electron chi connectivity index (χ0n) is 12.8. The van der Waals surface area contributed by atoms with Gasteiger partial charge in [0.15, 0.2) is 0 Å². The van der Waals surface area contributed by atoms with Crippen LogP contribution in [0.3, 0.4) is 0 Å². The summed E-state index contributed by atoms with van der Waals surface area (Å²) < 4.78 is 1.37. The van der Waals surface area contributed by atoms with Gasteiger partial charge in [0.2, 0.25) is 0 Å². The fourth-order valence-electron chi connectivity index (χ4n) is 2.69. The summed E-state index contributed by atoms with van der Waals surface area (Å²) in [5, 5.41) is 15.1. The second-order valence-corrected chi connectivity index (χ2v) is 5.14. The van der Waals surface area contributed by atoms with Crippen LogP contribution in [0.25, 0.3) is 16.6 Å². The molecule has 0 atom stereocenters. The molecule has 3 rings (SSSR count). The van der Waals surface area contributed by atoms with Gasteiger partial charge in [-0.1, -0.05) is 42.5 Å². The molecule has 1 aromatic heterocycles. The first-order valence-electron chi connectivity index (χ1n) is 7.37. The number of aromatic nitrogens is 1. The minimum absolute atomic E-state index is 0.215. The number of fused-ring (bicyclic) bond motifs is 1. The monoisotopic (exact) mass is 321 g/mol. The van der Waals surface area contributed by atoms with Crippen molar-refractivity contribution in [2.45, 2.75) is 0 Å². The number of anilines is 1. The van der Waals surface area contributed by atoms with E-state index in [1.807, 2.05) is 6.07 Å². The first-order chi connectivity index (χ1) is 11.6. The fraction of sp³-hybridized carbons (Fsp3) is 0.0556. The lowest BCUT2D eigenvalue weighted by molar-refractivity contribution is -0.385. The molecular formula is C18H15N3O3. The molecule has 0 bridgehead atoms. The van der Waals surface area contributed by atoms with E-state index in [0.29, 0.717) is 23.1 Å². The van der Waals surface area contributed by atoms with Gasteiger partial charge in [0.05, 0.1) is 10.4 Å². The molecule has 0 unspecified atom stereocenters. The number of para-hydroxylation sites is 2. The Morgan fingerprint density at radius 3 is 2.46 bits per heavy atom. The van der Waals surface area contributed by atoms with Gasteiger partial charge in [-0.25, -0.2) is 0 Å². The zero-order valence-corrected chi connectivity index (χ0v) is 12.8. The van der Waals surface area contributed by atoms with Crippen LogP contribution in [0, 0.1) is 10.1 Å². The van der Waals surface area contributed by atoms with Gasteiger partial charge < -0.3 is 5.32 Å². The summed E-state index contributed by atoms with van der Waals surface area (Å²) in [6.07, 6.45) is 1.58. The standard InChI is InChI=1S/C18H15N3O3/c1-2-12-19-16-14-10-6-7-11-15(14)20(13-8-4-3-5-9-13)18(22)17(16)21(23)24/h2-11,19H,1,12H2. The molecule has 0 saturated carbocycles. The third kappa shape index (κ3) is 2.54. The van der Waals surface area contributed by atoms with E-state index >= 15 is 0 Å². The van der Waals surface area contributed by atoms with Gasteiger partial charge in [0.1, 0.15) is 5.69 Å². The average molecular weight is 321 g/mol. The maximum Gasteiger partial charge on any atom is 0.357 e. The summed E-state index contributed by atoms with van der Waals surface area (Å²) in [4.78, 5) is 23.8. The number of benzene rings is 2. The van der Waals surface area contributed by atoms with E-state index in [-0.39, 0.29) is 5.69 Å². The number of rotatable bonds is 5. The Balaban J connectivity index is 2.46. The van der Waals surface area contributed by atoms with Crippen LogP contribution in [0.1, 0.15) is 0 Å². The molecule has 0 amide bonds. The van der Waals surface area contributed by atoms with Gasteiger partial charge in [-0.2, -0.15) is 0 Å². The van der Waals surface area contributed by atoms with Crippen LogP contribution < -0.4 is 10.9 Å². The quantitative estimate of drug-likeness (QED) is 0.443. The summed E-state index contributed by atoms with van der Waals surface area (Å²) in [6, 6.07) is 16.0. The maximum absolute atomic E-state index is 12.9. The Morgan fingerprint density at radius 2 is 1.79 bits per heavy atom. The van der Waals surface area contributed by atoms with Crippen LogP contribution in [-0.2, 0) is 0 Å². The first kappa shape index (κ1) is 15.5. The molecule has 24 heavy (non-hydrogen) atoms. The van der Waals surface area contributed by atoms with E-state index in [0.717, 1.165) is 0 Å². The highest BCUT2D eigenvalue weighted by Gasteiger charge is 2.25. The Kier molecular flexibility index (Phi) is 4.11. The number of nitrogens with zero attached hydrogens (tertiary/aromatic N) is 2. The van der Waals surface area contributed by atoms with E-state index in [4.69, 9.17) is 0 Å². The predicted octanol–water partition coefficient (Wildman–Crippen LogP) is 3.50. The zero-order chi connectivity index (χ0) is 17.1. The molecule has 120 valence electrons. The Hall–Kier alpha value is -3.41. The lowest BCUT2D eigenvalue weighted by atomic mass is 10.1. The van der Waals surface area contributed by atoms with E-state index < -0.39 is 16.2 Å². The number of nitro groups is 1. The van der Waals surface area contributed by atoms with Crippen molar-refractivity contribution in [1.82, 2.24) is 4.57 Å². The Bertz CT molecular complexity index is 978. The largest absolute Gasteiger partial charge is 0.375 e. The second kappa shape index (κ2) is 6.37. The molecule has 2 aromatic carbocycles. The number of nitrogens with one attached hydrogen (secondary N) is 1. The van der Waals surface area contributed by atoms with E-state index in [9.17, 15) is 14.9 Å². The topological polar surface area (TPSA) is 77.2 Å². The lowest BCUT2D eigenvalue weighted by Gasteiger charge is -2.14. The smallest absolute Gasteiger partial charge is 0.357 e. The van der Waals surface area contributed by atoms with Crippen LogP contribution in [0.4, 0.5) is 11.4 Å². The fourth-order valence-corrected chi connectivity index (χ4v) is 2.69. The van der Waals surface area contributed by atoms with Gasteiger partial charge in [0, 0.05) is 17.6 Å². The van der Waals surface area contributed by atoms with Gasteiger partial charge in [-0.05, 0) is 18.2 Å². The highest BCUT2D eigenvalue weighted by molar-refractivity contribution is 5.97. The highest BCUT2D eigenvalue weighted by atomic mass is 16.6. The molecule has 1 N–H and O–H groups in total. The van der Waals surface area contributed by atoms with Crippen LogP contribution in [0.2, 0.25) is 0 Å². The highest BCUT2D eigenvalue weighted by Crippen LogP contribution is 2.31. The van der Waals surface area contributed by atoms with Crippen molar-refractivity contribution in [1.29, 1.82) is 0 Å². The van der Waals surface area contributed by atoms with Crippen molar-refractivity contribution >= 4 is 22.3 Å². The SMILES string of the molecule is C=CCNc1c([N+](=O)[O-])c(=O)n(-c2ccccc2)c2ccccc12. The van der Waals surface area contributed by atoms with E-state index in [2.05, 4.69) is 11.9 Å². The molecule has 0 saturated heterocycles. The molecule has 3 aromatic rings. The van der Waals surface area contributed by atoms with Crippen molar-refractivity contribution in [3.63, 3.8) is 0 Å². The van der Waals surface area contributed by atoms with Crippen LogP contribution in [-0.4, -0.2) is 16.0 Å². The lowest BCUT2D eigenvalue weighted by Crippen LogP contribution is -2.23. The predicted molar refractivity (Wildman–Crippen MR) is 94.9 cm³/mol. The molecule has 6 heteroatoms. The minimum Gasteiger partial charge on any atom is -0.375 e. The summed E-state index contributed by atoms with van der Waals surface area (Å²) >= 11 is 0. The van der Waals surface area contributed by atoms with Crippen molar-refractivity contribution < 1.29 is 4.92 Å². The van der Waals surface area contributed by atoms with Crippen molar-refractivity contribution in [3.8, 4) is 5.69 Å². The molecular weight excluding hydrogens is 306 g/mol. The van der Waals surface area contributed by atoms with Crippen molar-refractivity contribution in [2.75, 3.05) is 11.9 Å². The molecule has 0 aliphatic heterocycles. The van der Waals surface area contributed by atoms with Crippen molar-refractivity contribution in [2.24, 2.45) is 0 Å². The molecule has 0 aliphatic rings. The number of hydrogen-bond acceptors (Lipinski definition) is 4. The van der Waals surface area contributed by atoms with Crippen LogP contribution >= 0.6 is 0 Å². The molecule has 0 aliphatic carbocycles. The second-order valence-electron chi connectivity index (χ2n) is 5.14. The van der Waals surface area contributed by atoms with Gasteiger partial charge in [-0.15, -0.1) is 6.58 Å². The van der Waals surface area contributed by atoms with Crippen molar-refractivity contribution in [3.05, 3.63) is 87.7 Å². The average Bonchev–Trinajstić information content (AvgIpc) is 2.60. The van der Waals surface area contributed by atoms with Crippen LogP contribution in [0.5, 0.6) is 0 Å². The van der Waals surface area contributed by atoms with Gasteiger partial charge in [0.25, 0.3) is 0 Å². The third-order valence-electron chi connectivity index (χ3n) is 3.68. The molecule has 6 nitrogen and oxygen atoms in total. The van der Waals surface area contributed by atoms with E-state index in [1.54, 1.807) is 54.6 Å². The molecule has 0 radical (unpaired) electrons. The van der Waals surface area contributed by atoms with E-state index in [1.165, 1.54) is 4.57 Å². The summed E-state index contributed by atoms with van der Waals surface area (Å²) in [6.45, 7) is 3.92. The molecule has 1 heterocycles. The first-order valence-corrected chi connectivity index (χ1v) is 7.37. The normalized spacial score (nSPS) is 10.5. The Morgan fingerprint density at radius 1 is 1.12 bits per heavy atom.